The number of rotatable bonds is 5. The van der Waals surface area contributed by atoms with E-state index >= 15 is 0 Å². The first-order valence-corrected chi connectivity index (χ1v) is 7.79. The number of carbonyl (C=O) groups excluding carboxylic acids is 2. The van der Waals surface area contributed by atoms with Gasteiger partial charge in [0.2, 0.25) is 0 Å². The molecule has 0 bridgehead atoms. The molecule has 0 aromatic heterocycles. The Morgan fingerprint density at radius 3 is 1.88 bits per heavy atom. The molecule has 0 unspecified atom stereocenters. The number of benzene rings is 2. The molecule has 0 saturated carbocycles. The van der Waals surface area contributed by atoms with Gasteiger partial charge in [0.05, 0.1) is 5.57 Å². The summed E-state index contributed by atoms with van der Waals surface area (Å²) in [6, 6.07) is 17.2. The SMILES string of the molecule is CC(C)(C)/C(=C/C(=O)OOc1ccccc1)C(=O)Oc1ccccc1. The third kappa shape index (κ3) is 5.80. The highest BCUT2D eigenvalue weighted by Gasteiger charge is 2.27. The van der Waals surface area contributed by atoms with Gasteiger partial charge in [-0.25, -0.2) is 14.5 Å². The molecular formula is C20H20O5. The summed E-state index contributed by atoms with van der Waals surface area (Å²) in [6.07, 6.45) is 1.09. The van der Waals surface area contributed by atoms with E-state index in [2.05, 4.69) is 0 Å². The van der Waals surface area contributed by atoms with Crippen LogP contribution in [0.1, 0.15) is 20.8 Å². The van der Waals surface area contributed by atoms with E-state index < -0.39 is 17.4 Å². The van der Waals surface area contributed by atoms with Crippen molar-refractivity contribution in [2.75, 3.05) is 0 Å². The van der Waals surface area contributed by atoms with E-state index in [-0.39, 0.29) is 5.57 Å². The van der Waals surface area contributed by atoms with Crippen molar-refractivity contribution in [2.45, 2.75) is 20.8 Å². The van der Waals surface area contributed by atoms with Crippen molar-refractivity contribution >= 4 is 11.9 Å². The highest BCUT2D eigenvalue weighted by Crippen LogP contribution is 2.27. The zero-order valence-corrected chi connectivity index (χ0v) is 14.4. The maximum absolute atomic E-state index is 12.4. The number of esters is 1. The molecule has 2 aromatic rings. The molecule has 0 radical (unpaired) electrons. The van der Waals surface area contributed by atoms with Crippen LogP contribution >= 0.6 is 0 Å². The van der Waals surface area contributed by atoms with Crippen LogP contribution in [0.4, 0.5) is 0 Å². The number of ether oxygens (including phenoxy) is 1. The van der Waals surface area contributed by atoms with Gasteiger partial charge in [0, 0.05) is 6.08 Å². The van der Waals surface area contributed by atoms with Crippen LogP contribution in [0.2, 0.25) is 0 Å². The maximum Gasteiger partial charge on any atom is 0.379 e. The van der Waals surface area contributed by atoms with Gasteiger partial charge in [0.1, 0.15) is 5.75 Å². The normalized spacial score (nSPS) is 11.6. The second-order valence-corrected chi connectivity index (χ2v) is 6.31. The van der Waals surface area contributed by atoms with Crippen LogP contribution in [0, 0.1) is 5.41 Å². The molecule has 5 heteroatoms. The van der Waals surface area contributed by atoms with Crippen LogP contribution in [-0.2, 0) is 14.5 Å². The highest BCUT2D eigenvalue weighted by molar-refractivity contribution is 5.98. The van der Waals surface area contributed by atoms with E-state index in [1.807, 2.05) is 12.1 Å². The Kier molecular flexibility index (Phi) is 5.95. The predicted molar refractivity (Wildman–Crippen MR) is 92.8 cm³/mol. The summed E-state index contributed by atoms with van der Waals surface area (Å²) >= 11 is 0. The van der Waals surface area contributed by atoms with Gasteiger partial charge in [-0.05, 0) is 29.7 Å². The second-order valence-electron chi connectivity index (χ2n) is 6.31. The smallest absolute Gasteiger partial charge is 0.379 e. The minimum absolute atomic E-state index is 0.179. The molecule has 5 nitrogen and oxygen atoms in total. The number of hydrogen-bond donors (Lipinski definition) is 0. The minimum atomic E-state index is -0.793. The molecule has 0 aliphatic heterocycles. The molecule has 0 atom stereocenters. The highest BCUT2D eigenvalue weighted by atomic mass is 17.2. The van der Waals surface area contributed by atoms with Gasteiger partial charge in [-0.2, -0.15) is 0 Å². The van der Waals surface area contributed by atoms with Crippen LogP contribution in [0.5, 0.6) is 11.5 Å². The fourth-order valence-electron chi connectivity index (χ4n) is 1.94. The van der Waals surface area contributed by atoms with Crippen LogP contribution in [0.3, 0.4) is 0 Å². The third-order valence-corrected chi connectivity index (χ3v) is 3.21. The van der Waals surface area contributed by atoms with E-state index in [9.17, 15) is 9.59 Å². The summed E-state index contributed by atoms with van der Waals surface area (Å²) in [4.78, 5) is 34.1. The first-order valence-electron chi connectivity index (χ1n) is 7.79. The Balaban J connectivity index is 2.09. The van der Waals surface area contributed by atoms with Gasteiger partial charge in [0.25, 0.3) is 0 Å². The Morgan fingerprint density at radius 2 is 1.36 bits per heavy atom. The third-order valence-electron chi connectivity index (χ3n) is 3.21. The lowest BCUT2D eigenvalue weighted by Gasteiger charge is -2.21. The fourth-order valence-corrected chi connectivity index (χ4v) is 1.94. The molecule has 0 N–H and O–H groups in total. The zero-order chi connectivity index (χ0) is 18.3. The molecule has 2 aromatic carbocycles. The van der Waals surface area contributed by atoms with E-state index in [1.54, 1.807) is 69.3 Å². The first-order chi connectivity index (χ1) is 11.9. The standard InChI is InChI=1S/C20H20O5/c1-20(2,3)17(19(22)23-15-10-6-4-7-11-15)14-18(21)25-24-16-12-8-5-9-13-16/h4-14H,1-3H3/b17-14+. The van der Waals surface area contributed by atoms with Gasteiger partial charge >= 0.3 is 11.9 Å². The molecule has 0 spiro atoms. The van der Waals surface area contributed by atoms with Crippen molar-refractivity contribution in [1.82, 2.24) is 0 Å². The summed E-state index contributed by atoms with van der Waals surface area (Å²) in [5.41, 5.74) is -0.435. The van der Waals surface area contributed by atoms with Gasteiger partial charge in [-0.1, -0.05) is 57.2 Å². The van der Waals surface area contributed by atoms with Crippen molar-refractivity contribution < 1.29 is 24.1 Å². The van der Waals surface area contributed by atoms with Crippen LogP contribution < -0.4 is 9.62 Å². The average Bonchev–Trinajstić information content (AvgIpc) is 2.58. The molecule has 25 heavy (non-hydrogen) atoms. The van der Waals surface area contributed by atoms with Gasteiger partial charge < -0.3 is 4.74 Å². The Bertz CT molecular complexity index is 743. The molecule has 2 rings (SSSR count). The van der Waals surface area contributed by atoms with Gasteiger partial charge in [-0.3, -0.25) is 4.89 Å². The molecule has 0 aliphatic carbocycles. The Labute approximate surface area is 146 Å². The van der Waals surface area contributed by atoms with Gasteiger partial charge in [0.15, 0.2) is 5.75 Å². The van der Waals surface area contributed by atoms with E-state index in [1.165, 1.54) is 0 Å². The molecule has 0 heterocycles. The molecule has 130 valence electrons. The zero-order valence-electron chi connectivity index (χ0n) is 14.4. The van der Waals surface area contributed by atoms with E-state index in [0.717, 1.165) is 6.08 Å². The summed E-state index contributed by atoms with van der Waals surface area (Å²) in [7, 11) is 0. The minimum Gasteiger partial charge on any atom is -0.423 e. The van der Waals surface area contributed by atoms with Crippen LogP contribution in [-0.4, -0.2) is 11.9 Å². The topological polar surface area (TPSA) is 61.8 Å². The largest absolute Gasteiger partial charge is 0.423 e. The number of para-hydroxylation sites is 2. The quantitative estimate of drug-likeness (QED) is 0.270. The van der Waals surface area contributed by atoms with Crippen molar-refractivity contribution in [2.24, 2.45) is 5.41 Å². The molecule has 0 aliphatic rings. The lowest BCUT2D eigenvalue weighted by atomic mass is 9.86. The monoisotopic (exact) mass is 340 g/mol. The Hall–Kier alpha value is -3.08. The van der Waals surface area contributed by atoms with Crippen LogP contribution in [0.15, 0.2) is 72.3 Å². The predicted octanol–water partition coefficient (Wildman–Crippen LogP) is 4.10. The van der Waals surface area contributed by atoms with E-state index in [4.69, 9.17) is 14.5 Å². The van der Waals surface area contributed by atoms with Gasteiger partial charge in [-0.15, -0.1) is 0 Å². The fraction of sp³-hybridized carbons (Fsp3) is 0.200. The van der Waals surface area contributed by atoms with Crippen LogP contribution in [0.25, 0.3) is 0 Å². The summed E-state index contributed by atoms with van der Waals surface area (Å²) in [6.45, 7) is 5.41. The van der Waals surface area contributed by atoms with Crippen molar-refractivity contribution in [3.05, 3.63) is 72.3 Å². The summed E-state index contributed by atoms with van der Waals surface area (Å²) < 4.78 is 5.31. The molecule has 0 fully saturated rings. The van der Waals surface area contributed by atoms with E-state index in [0.29, 0.717) is 11.5 Å². The van der Waals surface area contributed by atoms with Crippen molar-refractivity contribution in [1.29, 1.82) is 0 Å². The second kappa shape index (κ2) is 8.15. The molecule has 0 saturated heterocycles. The van der Waals surface area contributed by atoms with Crippen molar-refractivity contribution in [3.8, 4) is 11.5 Å². The molecular weight excluding hydrogens is 320 g/mol. The number of hydrogen-bond acceptors (Lipinski definition) is 5. The average molecular weight is 340 g/mol. The lowest BCUT2D eigenvalue weighted by Crippen LogP contribution is -2.24. The summed E-state index contributed by atoms with van der Waals surface area (Å²) in [5, 5.41) is 0. The van der Waals surface area contributed by atoms with Crippen molar-refractivity contribution in [3.63, 3.8) is 0 Å². The summed E-state index contributed by atoms with van der Waals surface area (Å²) in [5.74, 6) is -0.626. The Morgan fingerprint density at radius 1 is 0.840 bits per heavy atom. The number of carbonyl (C=O) groups is 2. The first kappa shape index (κ1) is 18.3. The maximum atomic E-state index is 12.4. The lowest BCUT2D eigenvalue weighted by molar-refractivity contribution is -0.207. The molecule has 0 amide bonds.